The van der Waals surface area contributed by atoms with E-state index in [4.69, 9.17) is 0 Å². The van der Waals surface area contributed by atoms with E-state index in [-0.39, 0.29) is 0 Å². The van der Waals surface area contributed by atoms with E-state index in [1.807, 2.05) is 10.9 Å². The lowest BCUT2D eigenvalue weighted by Crippen LogP contribution is -2.01. The molecule has 0 aliphatic carbocycles. The Morgan fingerprint density at radius 3 is 2.83 bits per heavy atom. The van der Waals surface area contributed by atoms with Crippen LogP contribution in [0, 0.1) is 6.92 Å². The fourth-order valence-electron chi connectivity index (χ4n) is 2.17. The summed E-state index contributed by atoms with van der Waals surface area (Å²) in [7, 11) is 0. The van der Waals surface area contributed by atoms with Crippen LogP contribution in [0.1, 0.15) is 36.6 Å². The summed E-state index contributed by atoms with van der Waals surface area (Å²) in [4.78, 5) is 0. The molecule has 0 radical (unpaired) electrons. The Morgan fingerprint density at radius 1 is 1.39 bits per heavy atom. The van der Waals surface area contributed by atoms with Crippen LogP contribution in [-0.2, 0) is 13.0 Å². The Hall–Kier alpha value is -1.16. The van der Waals surface area contributed by atoms with Gasteiger partial charge < -0.3 is 0 Å². The zero-order valence-electron chi connectivity index (χ0n) is 11.0. The predicted octanol–water partition coefficient (Wildman–Crippen LogP) is 3.72. The quantitative estimate of drug-likeness (QED) is 0.862. The molecular weight excluding hydrogens is 290 g/mol. The highest BCUT2D eigenvalue weighted by atomic mass is 79.9. The molecule has 0 N–H and O–H groups in total. The highest BCUT2D eigenvalue weighted by molar-refractivity contribution is 9.10. The third-order valence-electron chi connectivity index (χ3n) is 3.27. The molecule has 2 rings (SSSR count). The Labute approximate surface area is 116 Å². The van der Waals surface area contributed by atoms with Crippen molar-refractivity contribution in [1.29, 1.82) is 0 Å². The number of aryl methyl sites for hydroxylation is 1. The predicted molar refractivity (Wildman–Crippen MR) is 76.7 cm³/mol. The average molecular weight is 308 g/mol. The molecule has 1 aromatic heterocycles. The molecule has 0 spiro atoms. The van der Waals surface area contributed by atoms with Gasteiger partial charge in [-0.1, -0.05) is 40.2 Å². The molecule has 0 aliphatic heterocycles. The van der Waals surface area contributed by atoms with Gasteiger partial charge in [0.1, 0.15) is 0 Å². The van der Waals surface area contributed by atoms with E-state index in [2.05, 4.69) is 65.2 Å². The van der Waals surface area contributed by atoms with Crippen LogP contribution in [0.5, 0.6) is 0 Å². The first-order valence-corrected chi connectivity index (χ1v) is 7.05. The summed E-state index contributed by atoms with van der Waals surface area (Å²) in [5.74, 6) is 0.449. The van der Waals surface area contributed by atoms with Crippen molar-refractivity contribution in [1.82, 2.24) is 15.0 Å². The van der Waals surface area contributed by atoms with Gasteiger partial charge in [0.25, 0.3) is 0 Å². The van der Waals surface area contributed by atoms with Gasteiger partial charge in [0.2, 0.25) is 0 Å². The van der Waals surface area contributed by atoms with E-state index in [9.17, 15) is 0 Å². The molecule has 1 heterocycles. The number of hydrogen-bond donors (Lipinski definition) is 0. The highest BCUT2D eigenvalue weighted by Crippen LogP contribution is 2.27. The average Bonchev–Trinajstić information content (AvgIpc) is 2.80. The van der Waals surface area contributed by atoms with Gasteiger partial charge in [-0.05, 0) is 43.4 Å². The van der Waals surface area contributed by atoms with E-state index in [0.717, 1.165) is 18.7 Å². The molecule has 3 nitrogen and oxygen atoms in total. The van der Waals surface area contributed by atoms with Crippen molar-refractivity contribution in [2.75, 3.05) is 0 Å². The number of hydrogen-bond acceptors (Lipinski definition) is 2. The second-order valence-corrected chi connectivity index (χ2v) is 5.48. The number of nitrogens with zero attached hydrogens (tertiary/aromatic N) is 3. The lowest BCUT2D eigenvalue weighted by molar-refractivity contribution is 0.626. The van der Waals surface area contributed by atoms with Gasteiger partial charge in [0, 0.05) is 17.2 Å². The van der Waals surface area contributed by atoms with Gasteiger partial charge in [0.15, 0.2) is 0 Å². The van der Waals surface area contributed by atoms with Gasteiger partial charge in [-0.2, -0.15) is 0 Å². The van der Waals surface area contributed by atoms with Crippen LogP contribution in [0.15, 0.2) is 28.9 Å². The molecule has 0 saturated heterocycles. The van der Waals surface area contributed by atoms with Crippen LogP contribution in [0.4, 0.5) is 0 Å². The maximum absolute atomic E-state index is 4.21. The zero-order chi connectivity index (χ0) is 13.1. The summed E-state index contributed by atoms with van der Waals surface area (Å²) in [6.45, 7) is 7.33. The minimum atomic E-state index is 0.449. The fourth-order valence-corrected chi connectivity index (χ4v) is 2.55. The molecule has 0 aliphatic rings. The molecule has 0 saturated carbocycles. The fraction of sp³-hybridized carbons (Fsp3) is 0.429. The number of halogens is 1. The van der Waals surface area contributed by atoms with Crippen molar-refractivity contribution in [3.05, 3.63) is 45.7 Å². The summed E-state index contributed by atoms with van der Waals surface area (Å²) in [5, 5.41) is 8.28. The molecule has 4 heteroatoms. The van der Waals surface area contributed by atoms with Gasteiger partial charge in [-0.15, -0.1) is 5.10 Å². The summed E-state index contributed by atoms with van der Waals surface area (Å²) >= 11 is 3.58. The first-order chi connectivity index (χ1) is 8.61. The number of aromatic nitrogens is 3. The first kappa shape index (κ1) is 13.3. The molecule has 0 amide bonds. The van der Waals surface area contributed by atoms with Crippen LogP contribution in [0.2, 0.25) is 0 Å². The van der Waals surface area contributed by atoms with Crippen LogP contribution >= 0.6 is 15.9 Å². The minimum Gasteiger partial charge on any atom is -0.253 e. The standard InChI is InChI=1S/C14H18BrN3/c1-4-18-9-12(16-17-18)8-10(2)13-6-5-7-14(15)11(13)3/h5-7,9-10H,4,8H2,1-3H3. The summed E-state index contributed by atoms with van der Waals surface area (Å²) in [5.41, 5.74) is 3.74. The van der Waals surface area contributed by atoms with Crippen molar-refractivity contribution in [3.8, 4) is 0 Å². The van der Waals surface area contributed by atoms with Crippen LogP contribution in [0.25, 0.3) is 0 Å². The van der Waals surface area contributed by atoms with Gasteiger partial charge in [-0.25, -0.2) is 0 Å². The molecule has 18 heavy (non-hydrogen) atoms. The van der Waals surface area contributed by atoms with Crippen molar-refractivity contribution < 1.29 is 0 Å². The lowest BCUT2D eigenvalue weighted by Gasteiger charge is -2.14. The molecular formula is C14H18BrN3. The number of benzene rings is 1. The third kappa shape index (κ3) is 2.80. The molecule has 0 fully saturated rings. The summed E-state index contributed by atoms with van der Waals surface area (Å²) in [6, 6.07) is 6.36. The van der Waals surface area contributed by atoms with Crippen molar-refractivity contribution in [2.24, 2.45) is 0 Å². The Morgan fingerprint density at radius 2 is 2.17 bits per heavy atom. The van der Waals surface area contributed by atoms with Crippen molar-refractivity contribution in [2.45, 2.75) is 39.7 Å². The molecule has 0 bridgehead atoms. The summed E-state index contributed by atoms with van der Waals surface area (Å²) < 4.78 is 3.04. The molecule has 1 unspecified atom stereocenters. The second kappa shape index (κ2) is 5.65. The monoisotopic (exact) mass is 307 g/mol. The summed E-state index contributed by atoms with van der Waals surface area (Å²) in [6.07, 6.45) is 2.96. The molecule has 2 aromatic rings. The van der Waals surface area contributed by atoms with Crippen LogP contribution in [-0.4, -0.2) is 15.0 Å². The van der Waals surface area contributed by atoms with E-state index in [1.54, 1.807) is 0 Å². The molecule has 96 valence electrons. The maximum Gasteiger partial charge on any atom is 0.0833 e. The molecule has 1 aromatic carbocycles. The zero-order valence-corrected chi connectivity index (χ0v) is 12.6. The van der Waals surface area contributed by atoms with Gasteiger partial charge >= 0.3 is 0 Å². The van der Waals surface area contributed by atoms with E-state index < -0.39 is 0 Å². The normalized spacial score (nSPS) is 12.7. The van der Waals surface area contributed by atoms with Gasteiger partial charge in [0.05, 0.1) is 5.69 Å². The van der Waals surface area contributed by atoms with Crippen molar-refractivity contribution in [3.63, 3.8) is 0 Å². The number of rotatable bonds is 4. The van der Waals surface area contributed by atoms with Crippen LogP contribution in [0.3, 0.4) is 0 Å². The highest BCUT2D eigenvalue weighted by Gasteiger charge is 2.12. The maximum atomic E-state index is 4.21. The van der Waals surface area contributed by atoms with Crippen molar-refractivity contribution >= 4 is 15.9 Å². The largest absolute Gasteiger partial charge is 0.253 e. The smallest absolute Gasteiger partial charge is 0.0833 e. The van der Waals surface area contributed by atoms with E-state index in [0.29, 0.717) is 5.92 Å². The van der Waals surface area contributed by atoms with Crippen LogP contribution < -0.4 is 0 Å². The Balaban J connectivity index is 2.16. The Kier molecular flexibility index (Phi) is 4.17. The Bertz CT molecular complexity index is 534. The second-order valence-electron chi connectivity index (χ2n) is 4.62. The minimum absolute atomic E-state index is 0.449. The van der Waals surface area contributed by atoms with E-state index >= 15 is 0 Å². The van der Waals surface area contributed by atoms with E-state index in [1.165, 1.54) is 15.6 Å². The van der Waals surface area contributed by atoms with Gasteiger partial charge in [-0.3, -0.25) is 4.68 Å². The third-order valence-corrected chi connectivity index (χ3v) is 4.13. The SMILES string of the molecule is CCn1cc(CC(C)c2cccc(Br)c2C)nn1. The topological polar surface area (TPSA) is 30.7 Å². The molecule has 1 atom stereocenters. The first-order valence-electron chi connectivity index (χ1n) is 6.25. The lowest BCUT2D eigenvalue weighted by atomic mass is 9.93.